The number of aliphatic hydroxyl groups excluding tert-OH is 2. The topological polar surface area (TPSA) is 65.4 Å². The highest BCUT2D eigenvalue weighted by molar-refractivity contribution is 5.76. The molecule has 1 aromatic heterocycles. The van der Waals surface area contributed by atoms with Crippen LogP contribution in [-0.4, -0.2) is 28.9 Å². The van der Waals surface area contributed by atoms with Crippen molar-refractivity contribution in [2.75, 3.05) is 19.0 Å². The van der Waals surface area contributed by atoms with Gasteiger partial charge in [-0.2, -0.15) is 0 Å². The first kappa shape index (κ1) is 14.7. The van der Waals surface area contributed by atoms with Gasteiger partial charge in [0.1, 0.15) is 11.9 Å². The van der Waals surface area contributed by atoms with Crippen molar-refractivity contribution in [3.63, 3.8) is 0 Å². The zero-order chi connectivity index (χ0) is 13.5. The molecular weight excluding hydrogens is 228 g/mol. The number of aliphatic hydroxyl groups is 2. The molecule has 0 saturated heterocycles. The second-order valence-electron chi connectivity index (χ2n) is 4.06. The molecule has 0 aliphatic carbocycles. The molecule has 100 valence electrons. The van der Waals surface area contributed by atoms with Crippen LogP contribution in [0.4, 0.5) is 5.82 Å². The van der Waals surface area contributed by atoms with Crippen molar-refractivity contribution < 1.29 is 10.2 Å². The smallest absolute Gasteiger partial charge is 0.133 e. The Morgan fingerprint density at radius 3 is 2.72 bits per heavy atom. The van der Waals surface area contributed by atoms with Crippen LogP contribution in [0.2, 0.25) is 0 Å². The van der Waals surface area contributed by atoms with E-state index in [9.17, 15) is 5.11 Å². The summed E-state index contributed by atoms with van der Waals surface area (Å²) in [6.07, 6.45) is 4.69. The number of nitrogens with one attached hydrogen (secondary N) is 1. The molecule has 18 heavy (non-hydrogen) atoms. The van der Waals surface area contributed by atoms with Crippen molar-refractivity contribution in [1.29, 1.82) is 0 Å². The van der Waals surface area contributed by atoms with Crippen molar-refractivity contribution in [3.05, 3.63) is 29.5 Å². The Kier molecular flexibility index (Phi) is 5.82. The Labute approximate surface area is 108 Å². The lowest BCUT2D eigenvalue weighted by Gasteiger charge is -2.18. The third kappa shape index (κ3) is 3.09. The molecule has 0 bridgehead atoms. The van der Waals surface area contributed by atoms with Crippen LogP contribution in [0.25, 0.3) is 5.57 Å². The largest absolute Gasteiger partial charge is 0.393 e. The van der Waals surface area contributed by atoms with Gasteiger partial charge in [0.25, 0.3) is 0 Å². The molecular formula is C14H22N2O2. The van der Waals surface area contributed by atoms with Crippen molar-refractivity contribution in [2.24, 2.45) is 0 Å². The molecule has 0 fully saturated rings. The van der Waals surface area contributed by atoms with Gasteiger partial charge in [-0.15, -0.1) is 0 Å². The number of hydrogen-bond donors (Lipinski definition) is 3. The van der Waals surface area contributed by atoms with Gasteiger partial charge < -0.3 is 15.5 Å². The third-order valence-corrected chi connectivity index (χ3v) is 2.90. The lowest BCUT2D eigenvalue weighted by atomic mass is 9.95. The monoisotopic (exact) mass is 250 g/mol. The molecule has 1 atom stereocenters. The van der Waals surface area contributed by atoms with Crippen LogP contribution >= 0.6 is 0 Å². The minimum atomic E-state index is -0.873. The van der Waals surface area contributed by atoms with Crippen LogP contribution < -0.4 is 5.32 Å². The minimum absolute atomic E-state index is 0.288. The molecule has 3 N–H and O–H groups in total. The van der Waals surface area contributed by atoms with Crippen molar-refractivity contribution in [2.45, 2.75) is 32.8 Å². The van der Waals surface area contributed by atoms with E-state index in [2.05, 4.69) is 30.2 Å². The Hall–Kier alpha value is -1.39. The molecule has 4 nitrogen and oxygen atoms in total. The van der Waals surface area contributed by atoms with Gasteiger partial charge in [-0.25, -0.2) is 4.98 Å². The van der Waals surface area contributed by atoms with Crippen LogP contribution in [-0.2, 0) is 0 Å². The maximum Gasteiger partial charge on any atom is 0.133 e. The van der Waals surface area contributed by atoms with Crippen molar-refractivity contribution >= 4 is 11.4 Å². The standard InChI is InChI=1S/C14H22N2O2/c1-4-6-10(5-2)13-11(12(18)9-17)7-8-16-14(13)15-3/h6-8,12,17-18H,4-5,9H2,1-3H3,(H,15,16)/b10-6+. The van der Waals surface area contributed by atoms with Gasteiger partial charge in [0.2, 0.25) is 0 Å². The summed E-state index contributed by atoms with van der Waals surface area (Å²) in [5.74, 6) is 0.738. The fourth-order valence-electron chi connectivity index (χ4n) is 2.05. The molecule has 1 rings (SSSR count). The summed E-state index contributed by atoms with van der Waals surface area (Å²) in [6.45, 7) is 3.86. The van der Waals surface area contributed by atoms with Crippen LogP contribution in [0.1, 0.15) is 43.9 Å². The van der Waals surface area contributed by atoms with E-state index in [0.717, 1.165) is 35.4 Å². The number of rotatable bonds is 6. The van der Waals surface area contributed by atoms with Gasteiger partial charge in [0, 0.05) is 18.8 Å². The van der Waals surface area contributed by atoms with Crippen molar-refractivity contribution in [1.82, 2.24) is 4.98 Å². The second kappa shape index (κ2) is 7.13. The fraction of sp³-hybridized carbons (Fsp3) is 0.500. The maximum atomic E-state index is 9.91. The fourth-order valence-corrected chi connectivity index (χ4v) is 2.05. The highest BCUT2D eigenvalue weighted by atomic mass is 16.3. The van der Waals surface area contributed by atoms with Gasteiger partial charge in [-0.3, -0.25) is 0 Å². The maximum absolute atomic E-state index is 9.91. The first-order valence-corrected chi connectivity index (χ1v) is 6.34. The average Bonchev–Trinajstić information content (AvgIpc) is 2.43. The molecule has 0 aliphatic rings. The Balaban J connectivity index is 3.40. The first-order chi connectivity index (χ1) is 8.69. The summed E-state index contributed by atoms with van der Waals surface area (Å²) in [6, 6.07) is 1.76. The normalized spacial score (nSPS) is 13.5. The molecule has 1 heterocycles. The average molecular weight is 250 g/mol. The Bertz CT molecular complexity index is 416. The molecule has 0 aliphatic heterocycles. The lowest BCUT2D eigenvalue weighted by molar-refractivity contribution is 0.0954. The predicted octanol–water partition coefficient (Wildman–Crippen LogP) is 2.35. The first-order valence-electron chi connectivity index (χ1n) is 6.34. The highest BCUT2D eigenvalue weighted by Crippen LogP contribution is 2.31. The quantitative estimate of drug-likeness (QED) is 0.725. The molecule has 0 aromatic carbocycles. The van der Waals surface area contributed by atoms with Crippen LogP contribution in [0.15, 0.2) is 18.3 Å². The van der Waals surface area contributed by atoms with E-state index in [-0.39, 0.29) is 6.61 Å². The van der Waals surface area contributed by atoms with Gasteiger partial charge >= 0.3 is 0 Å². The summed E-state index contributed by atoms with van der Waals surface area (Å²) in [4.78, 5) is 4.28. The molecule has 1 aromatic rings. The number of allylic oxidation sites excluding steroid dienone is 2. The van der Waals surface area contributed by atoms with Gasteiger partial charge in [-0.05, 0) is 30.0 Å². The number of nitrogens with zero attached hydrogens (tertiary/aromatic N) is 1. The zero-order valence-corrected chi connectivity index (χ0v) is 11.3. The van der Waals surface area contributed by atoms with E-state index in [1.54, 1.807) is 19.3 Å². The third-order valence-electron chi connectivity index (χ3n) is 2.90. The van der Waals surface area contributed by atoms with Gasteiger partial charge in [0.15, 0.2) is 0 Å². The number of anilines is 1. The van der Waals surface area contributed by atoms with Gasteiger partial charge in [0.05, 0.1) is 6.61 Å². The summed E-state index contributed by atoms with van der Waals surface area (Å²) in [7, 11) is 1.81. The molecule has 0 radical (unpaired) electrons. The molecule has 0 saturated carbocycles. The van der Waals surface area contributed by atoms with Crippen LogP contribution in [0, 0.1) is 0 Å². The summed E-state index contributed by atoms with van der Waals surface area (Å²) in [5, 5.41) is 22.1. The SMILES string of the molecule is CC/C=C(\CC)c1c(C(O)CO)ccnc1NC. The Morgan fingerprint density at radius 1 is 1.50 bits per heavy atom. The van der Waals surface area contributed by atoms with E-state index >= 15 is 0 Å². The van der Waals surface area contributed by atoms with E-state index in [4.69, 9.17) is 5.11 Å². The summed E-state index contributed by atoms with van der Waals surface area (Å²) >= 11 is 0. The van der Waals surface area contributed by atoms with Crippen molar-refractivity contribution in [3.8, 4) is 0 Å². The van der Waals surface area contributed by atoms with E-state index in [0.29, 0.717) is 0 Å². The zero-order valence-electron chi connectivity index (χ0n) is 11.3. The molecule has 0 amide bonds. The van der Waals surface area contributed by atoms with Crippen LogP contribution in [0.5, 0.6) is 0 Å². The second-order valence-corrected chi connectivity index (χ2v) is 4.06. The predicted molar refractivity (Wildman–Crippen MR) is 74.4 cm³/mol. The van der Waals surface area contributed by atoms with E-state index in [1.165, 1.54) is 0 Å². The molecule has 0 spiro atoms. The van der Waals surface area contributed by atoms with E-state index in [1.807, 2.05) is 0 Å². The molecule has 1 unspecified atom stereocenters. The number of aromatic nitrogens is 1. The number of hydrogen-bond acceptors (Lipinski definition) is 4. The van der Waals surface area contributed by atoms with Crippen LogP contribution in [0.3, 0.4) is 0 Å². The molecule has 4 heteroatoms. The number of pyridine rings is 1. The minimum Gasteiger partial charge on any atom is -0.393 e. The summed E-state index contributed by atoms with van der Waals surface area (Å²) in [5.41, 5.74) is 2.77. The Morgan fingerprint density at radius 2 is 2.22 bits per heavy atom. The highest BCUT2D eigenvalue weighted by Gasteiger charge is 2.17. The lowest BCUT2D eigenvalue weighted by Crippen LogP contribution is -2.09. The van der Waals surface area contributed by atoms with Gasteiger partial charge in [-0.1, -0.05) is 19.9 Å². The van der Waals surface area contributed by atoms with E-state index < -0.39 is 6.10 Å². The summed E-state index contributed by atoms with van der Waals surface area (Å²) < 4.78 is 0.